The van der Waals surface area contributed by atoms with Crippen LogP contribution in [0, 0.1) is 0 Å². The van der Waals surface area contributed by atoms with E-state index in [2.05, 4.69) is 24.0 Å². The van der Waals surface area contributed by atoms with E-state index in [0.29, 0.717) is 5.75 Å². The molecule has 1 aromatic rings. The normalized spacial score (nSPS) is 28.7. The van der Waals surface area contributed by atoms with Crippen molar-refractivity contribution in [1.82, 2.24) is 4.90 Å². The third-order valence-corrected chi connectivity index (χ3v) is 6.18. The Hall–Kier alpha value is -0.870. The van der Waals surface area contributed by atoms with Crippen LogP contribution in [0.25, 0.3) is 0 Å². The van der Waals surface area contributed by atoms with Gasteiger partial charge in [-0.3, -0.25) is 4.90 Å². The van der Waals surface area contributed by atoms with Gasteiger partial charge < -0.3 is 0 Å². The summed E-state index contributed by atoms with van der Waals surface area (Å²) in [4.78, 5) is 2.17. The van der Waals surface area contributed by atoms with E-state index >= 15 is 0 Å². The molecular formula is C13H19NO2S. The number of hydrogen-bond donors (Lipinski definition) is 0. The van der Waals surface area contributed by atoms with Crippen LogP contribution >= 0.6 is 0 Å². The molecule has 0 amide bonds. The number of rotatable bonds is 3. The summed E-state index contributed by atoms with van der Waals surface area (Å²) in [5.41, 5.74) is 1.23. The Morgan fingerprint density at radius 2 is 1.88 bits per heavy atom. The van der Waals surface area contributed by atoms with Crippen molar-refractivity contribution >= 4 is 9.84 Å². The van der Waals surface area contributed by atoms with Gasteiger partial charge in [-0.15, -0.1) is 0 Å². The van der Waals surface area contributed by atoms with Crippen LogP contribution in [0.5, 0.6) is 0 Å². The van der Waals surface area contributed by atoms with Crippen molar-refractivity contribution < 1.29 is 8.42 Å². The van der Waals surface area contributed by atoms with Crippen LogP contribution < -0.4 is 0 Å². The lowest BCUT2D eigenvalue weighted by Crippen LogP contribution is -2.58. The molecule has 1 aromatic carbocycles. The predicted molar refractivity (Wildman–Crippen MR) is 69.7 cm³/mol. The van der Waals surface area contributed by atoms with Crippen LogP contribution in [-0.2, 0) is 9.84 Å². The molecule has 0 radical (unpaired) electrons. The summed E-state index contributed by atoms with van der Waals surface area (Å²) in [5, 5.41) is -0.237. The van der Waals surface area contributed by atoms with Gasteiger partial charge in [0.25, 0.3) is 0 Å². The highest BCUT2D eigenvalue weighted by Gasteiger charge is 2.45. The van der Waals surface area contributed by atoms with Crippen LogP contribution in [0.2, 0.25) is 0 Å². The van der Waals surface area contributed by atoms with Gasteiger partial charge in [0.1, 0.15) is 0 Å². The number of hydrogen-bond acceptors (Lipinski definition) is 3. The molecule has 0 aromatic heterocycles. The lowest BCUT2D eigenvalue weighted by molar-refractivity contribution is 0.182. The molecule has 0 N–H and O–H groups in total. The van der Waals surface area contributed by atoms with Gasteiger partial charge in [0.05, 0.1) is 11.0 Å². The van der Waals surface area contributed by atoms with Crippen LogP contribution in [-0.4, -0.2) is 37.4 Å². The first-order valence-corrected chi connectivity index (χ1v) is 7.63. The van der Waals surface area contributed by atoms with E-state index in [1.165, 1.54) is 5.56 Å². The zero-order valence-electron chi connectivity index (χ0n) is 10.5. The van der Waals surface area contributed by atoms with Gasteiger partial charge in [-0.2, -0.15) is 0 Å². The fourth-order valence-electron chi connectivity index (χ4n) is 2.35. The van der Waals surface area contributed by atoms with E-state index in [-0.39, 0.29) is 17.3 Å². The fourth-order valence-corrected chi connectivity index (χ4v) is 4.06. The van der Waals surface area contributed by atoms with Gasteiger partial charge in [-0.25, -0.2) is 8.42 Å². The van der Waals surface area contributed by atoms with E-state index in [0.717, 1.165) is 0 Å². The lowest BCUT2D eigenvalue weighted by Gasteiger charge is -2.43. The topological polar surface area (TPSA) is 37.4 Å². The zero-order valence-corrected chi connectivity index (χ0v) is 11.3. The van der Waals surface area contributed by atoms with Crippen molar-refractivity contribution in [1.29, 1.82) is 0 Å². The van der Waals surface area contributed by atoms with Crippen LogP contribution in [0.15, 0.2) is 30.3 Å². The Morgan fingerprint density at radius 1 is 1.29 bits per heavy atom. The minimum Gasteiger partial charge on any atom is -0.294 e. The van der Waals surface area contributed by atoms with Crippen molar-refractivity contribution in [2.24, 2.45) is 0 Å². The Morgan fingerprint density at radius 3 is 2.35 bits per heavy atom. The van der Waals surface area contributed by atoms with Gasteiger partial charge >= 0.3 is 0 Å². The molecule has 1 saturated heterocycles. The van der Waals surface area contributed by atoms with Gasteiger partial charge in [0.15, 0.2) is 9.84 Å². The first-order valence-electron chi connectivity index (χ1n) is 5.92. The highest BCUT2D eigenvalue weighted by Crippen LogP contribution is 2.30. The Labute approximate surface area is 103 Å². The molecule has 0 bridgehead atoms. The average molecular weight is 253 g/mol. The van der Waals surface area contributed by atoms with Crippen LogP contribution in [0.1, 0.15) is 25.5 Å². The Bertz CT molecular complexity index is 483. The molecule has 0 spiro atoms. The summed E-state index contributed by atoms with van der Waals surface area (Å²) < 4.78 is 22.9. The fraction of sp³-hybridized carbons (Fsp3) is 0.538. The summed E-state index contributed by atoms with van der Waals surface area (Å²) in [6.07, 6.45) is 0. The first-order chi connectivity index (χ1) is 7.93. The van der Waals surface area contributed by atoms with Crippen molar-refractivity contribution in [3.05, 3.63) is 35.9 Å². The maximum Gasteiger partial charge on any atom is 0.156 e. The molecular weight excluding hydrogens is 234 g/mol. The van der Waals surface area contributed by atoms with Crippen molar-refractivity contribution in [3.63, 3.8) is 0 Å². The molecule has 1 aliphatic rings. The second kappa shape index (κ2) is 4.42. The number of benzene rings is 1. The molecule has 4 heteroatoms. The van der Waals surface area contributed by atoms with E-state index in [1.807, 2.05) is 25.2 Å². The summed E-state index contributed by atoms with van der Waals surface area (Å²) in [6.45, 7) is 3.92. The van der Waals surface area contributed by atoms with E-state index in [9.17, 15) is 8.42 Å². The zero-order chi connectivity index (χ0) is 12.6. The first kappa shape index (κ1) is 12.6. The van der Waals surface area contributed by atoms with E-state index in [1.54, 1.807) is 6.92 Å². The largest absolute Gasteiger partial charge is 0.294 e. The second-order valence-corrected chi connectivity index (χ2v) is 7.26. The molecule has 1 aliphatic heterocycles. The molecule has 94 valence electrons. The van der Waals surface area contributed by atoms with E-state index < -0.39 is 9.84 Å². The number of sulfone groups is 1. The summed E-state index contributed by atoms with van der Waals surface area (Å²) in [7, 11) is -0.804. The third kappa shape index (κ3) is 2.24. The van der Waals surface area contributed by atoms with Gasteiger partial charge in [0.2, 0.25) is 0 Å². The minimum absolute atomic E-state index is 0.148. The highest BCUT2D eigenvalue weighted by atomic mass is 32.2. The second-order valence-electron chi connectivity index (χ2n) is 4.85. The molecule has 17 heavy (non-hydrogen) atoms. The Kier molecular flexibility index (Phi) is 3.27. The molecule has 0 unspecified atom stereocenters. The van der Waals surface area contributed by atoms with Crippen LogP contribution in [0.4, 0.5) is 0 Å². The monoisotopic (exact) mass is 253 g/mol. The average Bonchev–Trinajstić information content (AvgIpc) is 2.35. The van der Waals surface area contributed by atoms with Gasteiger partial charge in [-0.05, 0) is 26.5 Å². The standard InChI is InChI=1S/C13H19NO2S/c1-10(12-7-5-4-6-8-12)14(3)13-9-17(15,16)11(13)2/h4-8,10-11,13H,9H2,1-3H3/t10-,11+,13+/m0/s1. The maximum absolute atomic E-state index is 11.5. The quantitative estimate of drug-likeness (QED) is 0.825. The molecule has 1 heterocycles. The predicted octanol–water partition coefficient (Wildman–Crippen LogP) is 1.86. The summed E-state index contributed by atoms with van der Waals surface area (Å²) in [5.74, 6) is 0.293. The molecule has 0 aliphatic carbocycles. The SMILES string of the molecule is C[C@@H]1[C@H](N(C)[C@@H](C)c2ccccc2)CS1(=O)=O. The summed E-state index contributed by atoms with van der Waals surface area (Å²) >= 11 is 0. The molecule has 3 atom stereocenters. The van der Waals surface area contributed by atoms with Gasteiger partial charge in [-0.1, -0.05) is 30.3 Å². The minimum atomic E-state index is -2.81. The number of nitrogens with zero attached hydrogens (tertiary/aromatic N) is 1. The van der Waals surface area contributed by atoms with Crippen molar-refractivity contribution in [2.75, 3.05) is 12.8 Å². The molecule has 0 saturated carbocycles. The van der Waals surface area contributed by atoms with Gasteiger partial charge in [0, 0.05) is 12.1 Å². The van der Waals surface area contributed by atoms with E-state index in [4.69, 9.17) is 0 Å². The summed E-state index contributed by atoms with van der Waals surface area (Å²) in [6, 6.07) is 10.6. The lowest BCUT2D eigenvalue weighted by atomic mass is 10.0. The maximum atomic E-state index is 11.5. The smallest absolute Gasteiger partial charge is 0.156 e. The molecule has 3 nitrogen and oxygen atoms in total. The van der Waals surface area contributed by atoms with Crippen LogP contribution in [0.3, 0.4) is 0 Å². The highest BCUT2D eigenvalue weighted by molar-refractivity contribution is 7.93. The van der Waals surface area contributed by atoms with Crippen molar-refractivity contribution in [2.45, 2.75) is 31.2 Å². The molecule has 2 rings (SSSR count). The Balaban J connectivity index is 2.10. The van der Waals surface area contributed by atoms with Crippen molar-refractivity contribution in [3.8, 4) is 0 Å². The third-order valence-electron chi connectivity index (χ3n) is 3.93. The molecule has 1 fully saturated rings.